The standard InChI is InChI=1S/C8H14ClNS/c1-4-5-11-8(6-9)10-7(2)3/h4-5,7H,6H2,1-3H3/b5-4+,10-8-. The first-order valence-corrected chi connectivity index (χ1v) is 5.02. The smallest absolute Gasteiger partial charge is 0.0868 e. The lowest BCUT2D eigenvalue weighted by Crippen LogP contribution is -1.98. The topological polar surface area (TPSA) is 12.4 Å². The Labute approximate surface area is 77.9 Å². The first kappa shape index (κ1) is 11.1. The predicted molar refractivity (Wildman–Crippen MR) is 55.7 cm³/mol. The third kappa shape index (κ3) is 6.45. The molecular formula is C8H14ClNS. The van der Waals surface area contributed by atoms with Gasteiger partial charge in [0.2, 0.25) is 0 Å². The molecule has 0 bridgehead atoms. The maximum Gasteiger partial charge on any atom is 0.0868 e. The van der Waals surface area contributed by atoms with Crippen LogP contribution < -0.4 is 0 Å². The van der Waals surface area contributed by atoms with E-state index in [0.717, 1.165) is 5.04 Å². The maximum atomic E-state index is 5.66. The molecule has 0 aromatic carbocycles. The van der Waals surface area contributed by atoms with Crippen LogP contribution in [0.2, 0.25) is 0 Å². The summed E-state index contributed by atoms with van der Waals surface area (Å²) in [5.41, 5.74) is 0. The molecular weight excluding hydrogens is 178 g/mol. The quantitative estimate of drug-likeness (QED) is 0.379. The molecule has 0 amide bonds. The largest absolute Gasteiger partial charge is 0.279 e. The summed E-state index contributed by atoms with van der Waals surface area (Å²) in [5, 5.41) is 2.98. The molecule has 0 fully saturated rings. The van der Waals surface area contributed by atoms with Gasteiger partial charge in [0.25, 0.3) is 0 Å². The van der Waals surface area contributed by atoms with E-state index in [1.54, 1.807) is 11.8 Å². The predicted octanol–water partition coefficient (Wildman–Crippen LogP) is 3.30. The van der Waals surface area contributed by atoms with Crippen molar-refractivity contribution in [3.05, 3.63) is 11.5 Å². The lowest BCUT2D eigenvalue weighted by atomic mass is 10.4. The Kier molecular flexibility index (Phi) is 6.77. The van der Waals surface area contributed by atoms with Gasteiger partial charge in [-0.25, -0.2) is 0 Å². The van der Waals surface area contributed by atoms with Crippen molar-refractivity contribution in [3.8, 4) is 0 Å². The molecule has 11 heavy (non-hydrogen) atoms. The number of hydrogen-bond donors (Lipinski definition) is 0. The van der Waals surface area contributed by atoms with Crippen molar-refractivity contribution >= 4 is 28.4 Å². The molecule has 3 heteroatoms. The number of hydrogen-bond acceptors (Lipinski definition) is 2. The zero-order valence-electron chi connectivity index (χ0n) is 7.17. The van der Waals surface area contributed by atoms with Crippen molar-refractivity contribution in [2.75, 3.05) is 5.88 Å². The normalized spacial score (nSPS) is 13.4. The third-order valence-electron chi connectivity index (χ3n) is 0.857. The lowest BCUT2D eigenvalue weighted by molar-refractivity contribution is 0.839. The molecule has 0 heterocycles. The highest BCUT2D eigenvalue weighted by molar-refractivity contribution is 8.16. The molecule has 0 unspecified atom stereocenters. The zero-order valence-corrected chi connectivity index (χ0v) is 8.75. The van der Waals surface area contributed by atoms with Gasteiger partial charge in [-0.2, -0.15) is 0 Å². The van der Waals surface area contributed by atoms with Crippen LogP contribution in [0.1, 0.15) is 20.8 Å². The second-order valence-corrected chi connectivity index (χ2v) is 3.58. The molecule has 0 saturated heterocycles. The summed E-state index contributed by atoms with van der Waals surface area (Å²) in [5.74, 6) is 0.507. The number of halogens is 1. The fourth-order valence-corrected chi connectivity index (χ4v) is 1.42. The van der Waals surface area contributed by atoms with E-state index in [4.69, 9.17) is 11.6 Å². The van der Waals surface area contributed by atoms with Gasteiger partial charge in [0.15, 0.2) is 0 Å². The highest BCUT2D eigenvalue weighted by Gasteiger charge is 1.96. The van der Waals surface area contributed by atoms with E-state index in [1.165, 1.54) is 0 Å². The molecule has 0 atom stereocenters. The molecule has 0 rings (SSSR count). The molecule has 1 nitrogen and oxygen atoms in total. The van der Waals surface area contributed by atoms with Gasteiger partial charge in [-0.05, 0) is 26.2 Å². The summed E-state index contributed by atoms with van der Waals surface area (Å²) >= 11 is 7.25. The fraction of sp³-hybridized carbons (Fsp3) is 0.625. The summed E-state index contributed by atoms with van der Waals surface area (Å²) in [6.45, 7) is 6.07. The first-order chi connectivity index (χ1) is 5.20. The molecule has 0 N–H and O–H groups in total. The van der Waals surface area contributed by atoms with Crippen LogP contribution in [-0.4, -0.2) is 17.0 Å². The van der Waals surface area contributed by atoms with E-state index < -0.39 is 0 Å². The molecule has 0 aliphatic carbocycles. The Hall–Kier alpha value is 0.0500. The Morgan fingerprint density at radius 1 is 1.64 bits per heavy atom. The van der Waals surface area contributed by atoms with Gasteiger partial charge in [-0.3, -0.25) is 4.99 Å². The number of allylic oxidation sites excluding steroid dienone is 1. The van der Waals surface area contributed by atoms with E-state index in [0.29, 0.717) is 11.9 Å². The molecule has 0 aliphatic rings. The molecule has 0 spiro atoms. The number of thioether (sulfide) groups is 1. The fourth-order valence-electron chi connectivity index (χ4n) is 0.531. The van der Waals surface area contributed by atoms with E-state index in [9.17, 15) is 0 Å². The van der Waals surface area contributed by atoms with E-state index in [2.05, 4.69) is 4.99 Å². The monoisotopic (exact) mass is 191 g/mol. The minimum absolute atomic E-state index is 0.335. The molecule has 64 valence electrons. The van der Waals surface area contributed by atoms with Crippen LogP contribution >= 0.6 is 23.4 Å². The average Bonchev–Trinajstić information content (AvgIpc) is 1.97. The van der Waals surface area contributed by atoms with Crippen LogP contribution in [0.25, 0.3) is 0 Å². The minimum Gasteiger partial charge on any atom is -0.279 e. The van der Waals surface area contributed by atoms with Crippen LogP contribution in [-0.2, 0) is 0 Å². The first-order valence-electron chi connectivity index (χ1n) is 3.61. The van der Waals surface area contributed by atoms with Gasteiger partial charge in [0, 0.05) is 6.04 Å². The van der Waals surface area contributed by atoms with Crippen molar-refractivity contribution in [1.29, 1.82) is 0 Å². The summed E-state index contributed by atoms with van der Waals surface area (Å²) in [6.07, 6.45) is 1.98. The highest BCUT2D eigenvalue weighted by Crippen LogP contribution is 2.08. The third-order valence-corrected chi connectivity index (χ3v) is 2.20. The molecule has 0 radical (unpaired) electrons. The molecule has 0 aromatic heterocycles. The summed E-state index contributed by atoms with van der Waals surface area (Å²) in [7, 11) is 0. The van der Waals surface area contributed by atoms with Crippen molar-refractivity contribution in [3.63, 3.8) is 0 Å². The van der Waals surface area contributed by atoms with Gasteiger partial charge in [-0.1, -0.05) is 17.8 Å². The van der Waals surface area contributed by atoms with Gasteiger partial charge in [-0.15, -0.1) is 11.6 Å². The van der Waals surface area contributed by atoms with Crippen molar-refractivity contribution in [2.24, 2.45) is 4.99 Å². The highest BCUT2D eigenvalue weighted by atomic mass is 35.5. The maximum absolute atomic E-state index is 5.66. The average molecular weight is 192 g/mol. The summed E-state index contributed by atoms with van der Waals surface area (Å²) in [4.78, 5) is 4.33. The Morgan fingerprint density at radius 3 is 2.64 bits per heavy atom. The summed E-state index contributed by atoms with van der Waals surface area (Å²) < 4.78 is 0. The van der Waals surface area contributed by atoms with Crippen LogP contribution in [0, 0.1) is 0 Å². The van der Waals surface area contributed by atoms with Gasteiger partial charge < -0.3 is 0 Å². The molecule has 0 aliphatic heterocycles. The van der Waals surface area contributed by atoms with Gasteiger partial charge >= 0.3 is 0 Å². The van der Waals surface area contributed by atoms with Crippen LogP contribution in [0.5, 0.6) is 0 Å². The number of nitrogens with zero attached hydrogens (tertiary/aromatic N) is 1. The number of rotatable bonds is 3. The molecule has 0 aromatic rings. The second kappa shape index (κ2) is 6.74. The van der Waals surface area contributed by atoms with Gasteiger partial charge in [0.1, 0.15) is 0 Å². The zero-order chi connectivity index (χ0) is 8.69. The van der Waals surface area contributed by atoms with Crippen molar-refractivity contribution in [2.45, 2.75) is 26.8 Å². The van der Waals surface area contributed by atoms with Crippen LogP contribution in [0.3, 0.4) is 0 Å². The van der Waals surface area contributed by atoms with Crippen molar-refractivity contribution in [1.82, 2.24) is 0 Å². The lowest BCUT2D eigenvalue weighted by Gasteiger charge is -2.00. The van der Waals surface area contributed by atoms with E-state index in [-0.39, 0.29) is 0 Å². The number of aliphatic imine (C=N–C) groups is 1. The van der Waals surface area contributed by atoms with E-state index in [1.807, 2.05) is 32.3 Å². The van der Waals surface area contributed by atoms with E-state index >= 15 is 0 Å². The SMILES string of the molecule is C/C=C/S/C(CCl)=N\C(C)C. The van der Waals surface area contributed by atoms with Crippen molar-refractivity contribution < 1.29 is 0 Å². The Morgan fingerprint density at radius 2 is 2.27 bits per heavy atom. The van der Waals surface area contributed by atoms with Crippen LogP contribution in [0.15, 0.2) is 16.5 Å². The minimum atomic E-state index is 0.335. The Balaban J connectivity index is 3.94. The molecule has 0 saturated carbocycles. The van der Waals surface area contributed by atoms with Gasteiger partial charge in [0.05, 0.1) is 10.9 Å². The van der Waals surface area contributed by atoms with Crippen LogP contribution in [0.4, 0.5) is 0 Å². The Bertz CT molecular complexity index is 152. The second-order valence-electron chi connectivity index (χ2n) is 2.34. The number of alkyl halides is 1. The summed E-state index contributed by atoms with van der Waals surface area (Å²) in [6, 6.07) is 0.335.